The predicted octanol–water partition coefficient (Wildman–Crippen LogP) is 3.03. The van der Waals surface area contributed by atoms with Crippen LogP contribution < -0.4 is 5.32 Å². The third-order valence-corrected chi connectivity index (χ3v) is 5.51. The summed E-state index contributed by atoms with van der Waals surface area (Å²) in [6, 6.07) is 0. The van der Waals surface area contributed by atoms with E-state index in [9.17, 15) is 5.11 Å². The normalized spacial score (nSPS) is 29.4. The molecule has 0 aliphatic heterocycles. The monoisotopic (exact) mass is 296 g/mol. The number of rotatable bonds is 11. The summed E-state index contributed by atoms with van der Waals surface area (Å²) in [5, 5.41) is 13.6. The average Bonchev–Trinajstić information content (AvgIpc) is 3.22. The van der Waals surface area contributed by atoms with Crippen molar-refractivity contribution in [1.82, 2.24) is 10.2 Å². The number of nitrogens with one attached hydrogen (secondary N) is 1. The Morgan fingerprint density at radius 2 is 1.95 bits per heavy atom. The van der Waals surface area contributed by atoms with E-state index in [1.54, 1.807) is 0 Å². The zero-order valence-corrected chi connectivity index (χ0v) is 14.2. The molecule has 2 fully saturated rings. The second kappa shape index (κ2) is 8.50. The molecule has 0 heterocycles. The molecule has 2 unspecified atom stereocenters. The van der Waals surface area contributed by atoms with Crippen molar-refractivity contribution in [2.75, 3.05) is 32.8 Å². The summed E-state index contributed by atoms with van der Waals surface area (Å²) in [7, 11) is 0. The summed E-state index contributed by atoms with van der Waals surface area (Å²) in [6.45, 7) is 9.64. The summed E-state index contributed by atoms with van der Waals surface area (Å²) >= 11 is 0. The summed E-state index contributed by atoms with van der Waals surface area (Å²) in [5.41, 5.74) is 0.0213. The van der Waals surface area contributed by atoms with Crippen molar-refractivity contribution in [2.24, 2.45) is 11.8 Å². The summed E-state index contributed by atoms with van der Waals surface area (Å²) in [4.78, 5) is 2.68. The van der Waals surface area contributed by atoms with Crippen molar-refractivity contribution in [1.29, 1.82) is 0 Å². The van der Waals surface area contributed by atoms with E-state index in [4.69, 9.17) is 0 Å². The van der Waals surface area contributed by atoms with Gasteiger partial charge in [-0.1, -0.05) is 20.3 Å². The summed E-state index contributed by atoms with van der Waals surface area (Å²) < 4.78 is 0. The molecule has 0 aromatic rings. The molecule has 0 radical (unpaired) electrons. The summed E-state index contributed by atoms with van der Waals surface area (Å²) in [6.07, 6.45) is 10.3. The fourth-order valence-electron chi connectivity index (χ4n) is 4.05. The number of aliphatic hydroxyl groups is 1. The topological polar surface area (TPSA) is 35.5 Å². The van der Waals surface area contributed by atoms with E-state index in [0.717, 1.165) is 25.3 Å². The summed E-state index contributed by atoms with van der Waals surface area (Å²) in [5.74, 6) is 1.65. The molecule has 21 heavy (non-hydrogen) atoms. The number of hydrogen-bond donors (Lipinski definition) is 2. The second-order valence-electron chi connectivity index (χ2n) is 7.36. The van der Waals surface area contributed by atoms with Crippen LogP contribution in [0.1, 0.15) is 65.2 Å². The molecular formula is C18H36N2O. The zero-order chi connectivity index (χ0) is 15.1. The van der Waals surface area contributed by atoms with Crippen LogP contribution in [0.5, 0.6) is 0 Å². The van der Waals surface area contributed by atoms with Crippen molar-refractivity contribution in [3.8, 4) is 0 Å². The van der Waals surface area contributed by atoms with Gasteiger partial charge in [0.15, 0.2) is 0 Å². The first-order valence-corrected chi connectivity index (χ1v) is 9.32. The van der Waals surface area contributed by atoms with Crippen LogP contribution in [0.25, 0.3) is 0 Å². The van der Waals surface area contributed by atoms with Gasteiger partial charge in [-0.2, -0.15) is 0 Å². The minimum Gasteiger partial charge on any atom is -0.394 e. The Kier molecular flexibility index (Phi) is 6.97. The highest BCUT2D eigenvalue weighted by Gasteiger charge is 2.41. The fraction of sp³-hybridized carbons (Fsp3) is 1.00. The molecule has 0 spiro atoms. The number of aliphatic hydroxyl groups excluding tert-OH is 1. The van der Waals surface area contributed by atoms with Crippen LogP contribution in [-0.2, 0) is 0 Å². The molecule has 2 atom stereocenters. The van der Waals surface area contributed by atoms with Gasteiger partial charge in [0.1, 0.15) is 0 Å². The Balaban J connectivity index is 1.83. The van der Waals surface area contributed by atoms with Gasteiger partial charge in [0.05, 0.1) is 6.61 Å². The molecule has 0 bridgehead atoms. The Hall–Kier alpha value is -0.120. The highest BCUT2D eigenvalue weighted by Crippen LogP contribution is 2.38. The van der Waals surface area contributed by atoms with Gasteiger partial charge in [0.25, 0.3) is 0 Å². The SMILES string of the molecule is CCCNC1(CO)CCCC1CCN(CCC)CC1CC1. The maximum absolute atomic E-state index is 9.96. The Labute approximate surface area is 131 Å². The average molecular weight is 296 g/mol. The van der Waals surface area contributed by atoms with Crippen LogP contribution in [0.2, 0.25) is 0 Å². The highest BCUT2D eigenvalue weighted by atomic mass is 16.3. The third-order valence-electron chi connectivity index (χ3n) is 5.51. The highest BCUT2D eigenvalue weighted by molar-refractivity contribution is 4.99. The zero-order valence-electron chi connectivity index (χ0n) is 14.2. The lowest BCUT2D eigenvalue weighted by Crippen LogP contribution is -2.52. The van der Waals surface area contributed by atoms with E-state index in [-0.39, 0.29) is 5.54 Å². The van der Waals surface area contributed by atoms with E-state index in [2.05, 4.69) is 24.1 Å². The van der Waals surface area contributed by atoms with Crippen molar-refractivity contribution in [2.45, 2.75) is 70.8 Å². The first-order valence-electron chi connectivity index (χ1n) is 9.32. The van der Waals surface area contributed by atoms with E-state index >= 15 is 0 Å². The molecule has 3 nitrogen and oxygen atoms in total. The van der Waals surface area contributed by atoms with Gasteiger partial charge in [-0.05, 0) is 76.4 Å². The molecule has 0 amide bonds. The Morgan fingerprint density at radius 3 is 2.57 bits per heavy atom. The Bertz CT molecular complexity index is 293. The molecule has 0 aromatic carbocycles. The van der Waals surface area contributed by atoms with Gasteiger partial charge in [-0.3, -0.25) is 0 Å². The standard InChI is InChI=1S/C18H36N2O/c1-3-11-19-18(15-21)10-5-6-17(18)9-13-20(12-4-2)14-16-7-8-16/h16-17,19,21H,3-15H2,1-2H3. The maximum Gasteiger partial charge on any atom is 0.0616 e. The van der Waals surface area contributed by atoms with E-state index in [1.807, 2.05) is 0 Å². The van der Waals surface area contributed by atoms with Gasteiger partial charge < -0.3 is 15.3 Å². The third kappa shape index (κ3) is 4.94. The van der Waals surface area contributed by atoms with E-state index in [0.29, 0.717) is 12.5 Å². The van der Waals surface area contributed by atoms with Crippen LogP contribution in [0.15, 0.2) is 0 Å². The van der Waals surface area contributed by atoms with Gasteiger partial charge in [0, 0.05) is 12.1 Å². The van der Waals surface area contributed by atoms with Gasteiger partial charge in [-0.25, -0.2) is 0 Å². The van der Waals surface area contributed by atoms with Crippen LogP contribution in [0.4, 0.5) is 0 Å². The van der Waals surface area contributed by atoms with Crippen molar-refractivity contribution in [3.63, 3.8) is 0 Å². The predicted molar refractivity (Wildman–Crippen MR) is 89.5 cm³/mol. The Morgan fingerprint density at radius 1 is 1.14 bits per heavy atom. The molecule has 2 rings (SSSR count). The van der Waals surface area contributed by atoms with Gasteiger partial charge >= 0.3 is 0 Å². The smallest absolute Gasteiger partial charge is 0.0616 e. The lowest BCUT2D eigenvalue weighted by molar-refractivity contribution is 0.110. The minimum atomic E-state index is 0.0213. The van der Waals surface area contributed by atoms with Gasteiger partial charge in [-0.15, -0.1) is 0 Å². The van der Waals surface area contributed by atoms with E-state index in [1.165, 1.54) is 58.2 Å². The van der Waals surface area contributed by atoms with Gasteiger partial charge in [0.2, 0.25) is 0 Å². The molecule has 2 N–H and O–H groups in total. The van der Waals surface area contributed by atoms with Crippen molar-refractivity contribution in [3.05, 3.63) is 0 Å². The molecular weight excluding hydrogens is 260 g/mol. The molecule has 124 valence electrons. The molecule has 2 saturated carbocycles. The first-order chi connectivity index (χ1) is 10.2. The molecule has 0 saturated heterocycles. The maximum atomic E-state index is 9.96. The second-order valence-corrected chi connectivity index (χ2v) is 7.36. The lowest BCUT2D eigenvalue weighted by Gasteiger charge is -2.36. The van der Waals surface area contributed by atoms with Crippen molar-refractivity contribution >= 4 is 0 Å². The quantitative estimate of drug-likeness (QED) is 0.615. The molecule has 0 aromatic heterocycles. The van der Waals surface area contributed by atoms with Crippen LogP contribution in [-0.4, -0.2) is 48.3 Å². The van der Waals surface area contributed by atoms with Crippen LogP contribution >= 0.6 is 0 Å². The molecule has 2 aliphatic carbocycles. The largest absolute Gasteiger partial charge is 0.394 e. The molecule has 3 heteroatoms. The van der Waals surface area contributed by atoms with Crippen LogP contribution in [0.3, 0.4) is 0 Å². The minimum absolute atomic E-state index is 0.0213. The van der Waals surface area contributed by atoms with Crippen molar-refractivity contribution < 1.29 is 5.11 Å². The fourth-order valence-corrected chi connectivity index (χ4v) is 4.05. The number of nitrogens with zero attached hydrogens (tertiary/aromatic N) is 1. The number of hydrogen-bond acceptors (Lipinski definition) is 3. The van der Waals surface area contributed by atoms with Crippen LogP contribution in [0, 0.1) is 11.8 Å². The lowest BCUT2D eigenvalue weighted by atomic mass is 9.85. The van der Waals surface area contributed by atoms with E-state index < -0.39 is 0 Å². The first kappa shape index (κ1) is 17.2. The molecule has 2 aliphatic rings.